The van der Waals surface area contributed by atoms with Gasteiger partial charge in [-0.1, -0.05) is 12.1 Å². The van der Waals surface area contributed by atoms with Crippen LogP contribution in [0.2, 0.25) is 0 Å². The van der Waals surface area contributed by atoms with Gasteiger partial charge >= 0.3 is 11.7 Å². The van der Waals surface area contributed by atoms with E-state index < -0.39 is 23.8 Å². The molecule has 0 unspecified atom stereocenters. The summed E-state index contributed by atoms with van der Waals surface area (Å²) in [6.45, 7) is 2.49. The molecule has 1 aromatic carbocycles. The van der Waals surface area contributed by atoms with E-state index in [0.717, 1.165) is 15.8 Å². The highest BCUT2D eigenvalue weighted by Crippen LogP contribution is 2.31. The standard InChI is InChI=1S/C17H17N5O4/c1-10-4-3-5-11(8-10)20-6-7-21-13-14(18-16(20)21)19(2)17(26)22(15(13)25)9-12(23)24/h3-5,8H,6-7,9H2,1-2H3,(H,23,24). The van der Waals surface area contributed by atoms with Gasteiger partial charge in [0.2, 0.25) is 5.95 Å². The third-order valence-electron chi connectivity index (χ3n) is 4.61. The van der Waals surface area contributed by atoms with Crippen molar-refractivity contribution in [3.05, 3.63) is 50.7 Å². The van der Waals surface area contributed by atoms with Gasteiger partial charge in [-0.15, -0.1) is 0 Å². The van der Waals surface area contributed by atoms with Crippen LogP contribution in [0, 0.1) is 6.92 Å². The molecule has 1 aliphatic heterocycles. The highest BCUT2D eigenvalue weighted by Gasteiger charge is 2.29. The SMILES string of the molecule is Cc1cccc(N2CCn3c2nc2c3c(=O)n(CC(=O)O)c(=O)n2C)c1. The lowest BCUT2D eigenvalue weighted by atomic mass is 10.2. The summed E-state index contributed by atoms with van der Waals surface area (Å²) < 4.78 is 3.70. The molecule has 26 heavy (non-hydrogen) atoms. The maximum atomic E-state index is 12.8. The molecule has 4 rings (SSSR count). The van der Waals surface area contributed by atoms with Gasteiger partial charge in [0.1, 0.15) is 6.54 Å². The van der Waals surface area contributed by atoms with Gasteiger partial charge in [-0.05, 0) is 24.6 Å². The molecule has 0 amide bonds. The van der Waals surface area contributed by atoms with Crippen LogP contribution in [0.15, 0.2) is 33.9 Å². The Hall–Kier alpha value is -3.36. The number of hydrogen-bond donors (Lipinski definition) is 1. The summed E-state index contributed by atoms with van der Waals surface area (Å²) in [7, 11) is 1.49. The van der Waals surface area contributed by atoms with Crippen molar-refractivity contribution in [3.63, 3.8) is 0 Å². The fourth-order valence-corrected chi connectivity index (χ4v) is 3.39. The molecule has 0 spiro atoms. The quantitative estimate of drug-likeness (QED) is 0.731. The third kappa shape index (κ3) is 2.24. The van der Waals surface area contributed by atoms with E-state index in [2.05, 4.69) is 4.98 Å². The second-order valence-corrected chi connectivity index (χ2v) is 6.35. The lowest BCUT2D eigenvalue weighted by molar-refractivity contribution is -0.137. The Bertz CT molecular complexity index is 1170. The molecule has 0 fully saturated rings. The molecule has 1 N–H and O–H groups in total. The van der Waals surface area contributed by atoms with Gasteiger partial charge in [0, 0.05) is 25.8 Å². The molecule has 0 bridgehead atoms. The van der Waals surface area contributed by atoms with Crippen LogP contribution in [-0.4, -0.2) is 36.3 Å². The Labute approximate surface area is 147 Å². The van der Waals surface area contributed by atoms with Crippen molar-refractivity contribution in [1.29, 1.82) is 0 Å². The predicted molar refractivity (Wildman–Crippen MR) is 95.1 cm³/mol. The summed E-state index contributed by atoms with van der Waals surface area (Å²) in [4.78, 5) is 42.6. The number of carbonyl (C=O) groups is 1. The summed E-state index contributed by atoms with van der Waals surface area (Å²) in [5.41, 5.74) is 1.25. The van der Waals surface area contributed by atoms with Crippen molar-refractivity contribution in [2.24, 2.45) is 7.05 Å². The number of imidazole rings is 1. The topological polar surface area (TPSA) is 102 Å². The Balaban J connectivity index is 1.97. The first-order chi connectivity index (χ1) is 12.4. The molecule has 0 radical (unpaired) electrons. The number of aromatic nitrogens is 4. The Morgan fingerprint density at radius 1 is 1.27 bits per heavy atom. The van der Waals surface area contributed by atoms with Gasteiger partial charge in [-0.2, -0.15) is 4.98 Å². The van der Waals surface area contributed by atoms with Crippen LogP contribution >= 0.6 is 0 Å². The van der Waals surface area contributed by atoms with Crippen molar-refractivity contribution in [3.8, 4) is 0 Å². The van der Waals surface area contributed by atoms with E-state index >= 15 is 0 Å². The molecule has 9 nitrogen and oxygen atoms in total. The minimum Gasteiger partial charge on any atom is -0.480 e. The average Bonchev–Trinajstić information content (AvgIpc) is 3.15. The van der Waals surface area contributed by atoms with Gasteiger partial charge in [0.25, 0.3) is 5.56 Å². The predicted octanol–water partition coefficient (Wildman–Crippen LogP) is 0.441. The summed E-state index contributed by atoms with van der Waals surface area (Å²) in [6.07, 6.45) is 0. The number of nitrogens with zero attached hydrogens (tertiary/aromatic N) is 5. The zero-order valence-electron chi connectivity index (χ0n) is 14.3. The van der Waals surface area contributed by atoms with E-state index in [4.69, 9.17) is 5.11 Å². The highest BCUT2D eigenvalue weighted by atomic mass is 16.4. The average molecular weight is 355 g/mol. The third-order valence-corrected chi connectivity index (χ3v) is 4.61. The first kappa shape index (κ1) is 16.1. The summed E-state index contributed by atoms with van der Waals surface area (Å²) in [5, 5.41) is 9.00. The van der Waals surface area contributed by atoms with E-state index in [1.54, 1.807) is 4.57 Å². The van der Waals surface area contributed by atoms with Gasteiger partial charge in [-0.25, -0.2) is 9.36 Å². The second-order valence-electron chi connectivity index (χ2n) is 6.35. The van der Waals surface area contributed by atoms with Crippen molar-refractivity contribution in [1.82, 2.24) is 18.7 Å². The number of fused-ring (bicyclic) bond motifs is 3. The first-order valence-corrected chi connectivity index (χ1v) is 8.14. The second kappa shape index (κ2) is 5.58. The smallest absolute Gasteiger partial charge is 0.333 e. The van der Waals surface area contributed by atoms with Crippen molar-refractivity contribution in [2.75, 3.05) is 11.4 Å². The van der Waals surface area contributed by atoms with Gasteiger partial charge in [-0.3, -0.25) is 14.2 Å². The molecule has 2 aromatic heterocycles. The van der Waals surface area contributed by atoms with E-state index in [1.807, 2.05) is 36.1 Å². The molecule has 1 aliphatic rings. The minimum atomic E-state index is -1.24. The van der Waals surface area contributed by atoms with Gasteiger partial charge in [0.05, 0.1) is 0 Å². The zero-order valence-corrected chi connectivity index (χ0v) is 14.3. The molecule has 3 aromatic rings. The van der Waals surface area contributed by atoms with Gasteiger partial charge < -0.3 is 14.6 Å². The highest BCUT2D eigenvalue weighted by molar-refractivity contribution is 5.78. The van der Waals surface area contributed by atoms with Crippen LogP contribution in [0.5, 0.6) is 0 Å². The van der Waals surface area contributed by atoms with Crippen molar-refractivity contribution in [2.45, 2.75) is 20.0 Å². The Morgan fingerprint density at radius 2 is 2.04 bits per heavy atom. The van der Waals surface area contributed by atoms with E-state index in [9.17, 15) is 14.4 Å². The lowest BCUT2D eigenvalue weighted by Gasteiger charge is -2.16. The van der Waals surface area contributed by atoms with Crippen LogP contribution in [0.4, 0.5) is 11.6 Å². The van der Waals surface area contributed by atoms with Crippen molar-refractivity contribution < 1.29 is 9.90 Å². The summed E-state index contributed by atoms with van der Waals surface area (Å²) >= 11 is 0. The van der Waals surface area contributed by atoms with Crippen LogP contribution in [0.3, 0.4) is 0 Å². The lowest BCUT2D eigenvalue weighted by Crippen LogP contribution is -2.41. The normalized spacial score (nSPS) is 13.4. The Kier molecular flexibility index (Phi) is 3.46. The van der Waals surface area contributed by atoms with Crippen LogP contribution in [0.25, 0.3) is 11.2 Å². The maximum Gasteiger partial charge on any atom is 0.333 e. The molecule has 0 saturated heterocycles. The number of benzene rings is 1. The molecule has 9 heteroatoms. The summed E-state index contributed by atoms with van der Waals surface area (Å²) in [5.74, 6) is -0.670. The number of hydrogen-bond acceptors (Lipinski definition) is 5. The van der Waals surface area contributed by atoms with Gasteiger partial charge in [0.15, 0.2) is 11.2 Å². The Morgan fingerprint density at radius 3 is 2.73 bits per heavy atom. The van der Waals surface area contributed by atoms with Crippen molar-refractivity contribution >= 4 is 28.8 Å². The van der Waals surface area contributed by atoms with Crippen LogP contribution < -0.4 is 16.1 Å². The number of rotatable bonds is 3. The number of aliphatic carboxylic acids is 1. The van der Waals surface area contributed by atoms with Crippen LogP contribution in [-0.2, 0) is 24.9 Å². The fourth-order valence-electron chi connectivity index (χ4n) is 3.39. The van der Waals surface area contributed by atoms with E-state index in [1.165, 1.54) is 11.6 Å². The molecular formula is C17H17N5O4. The largest absolute Gasteiger partial charge is 0.480 e. The van der Waals surface area contributed by atoms with E-state index in [-0.39, 0.29) is 11.2 Å². The monoisotopic (exact) mass is 355 g/mol. The molecule has 0 atom stereocenters. The minimum absolute atomic E-state index is 0.249. The molecular weight excluding hydrogens is 338 g/mol. The first-order valence-electron chi connectivity index (χ1n) is 8.14. The van der Waals surface area contributed by atoms with E-state index in [0.29, 0.717) is 19.0 Å². The molecule has 0 saturated carbocycles. The number of aryl methyl sites for hydroxylation is 2. The molecule has 3 heterocycles. The number of anilines is 2. The fraction of sp³-hybridized carbons (Fsp3) is 0.294. The van der Waals surface area contributed by atoms with Crippen LogP contribution in [0.1, 0.15) is 5.56 Å². The number of carboxylic acids is 1. The molecule has 134 valence electrons. The zero-order chi connectivity index (χ0) is 18.6. The summed E-state index contributed by atoms with van der Waals surface area (Å²) in [6, 6.07) is 7.93. The number of carboxylic acid groups (broad SMARTS) is 1. The maximum absolute atomic E-state index is 12.8. The molecule has 0 aliphatic carbocycles.